The van der Waals surface area contributed by atoms with Gasteiger partial charge in [0.1, 0.15) is 0 Å². The molecule has 0 radical (unpaired) electrons. The highest BCUT2D eigenvalue weighted by Gasteiger charge is 2.34. The molecule has 174 valence electrons. The summed E-state index contributed by atoms with van der Waals surface area (Å²) >= 11 is 0. The summed E-state index contributed by atoms with van der Waals surface area (Å²) in [5, 5.41) is 11.5. The van der Waals surface area contributed by atoms with Gasteiger partial charge in [0.25, 0.3) is 0 Å². The van der Waals surface area contributed by atoms with Crippen molar-refractivity contribution in [2.45, 2.75) is 149 Å². The fraction of sp³-hybridized carbons (Fsp3) is 1.00. The molecule has 0 heterocycles. The monoisotopic (exact) mass is 409 g/mol. The van der Waals surface area contributed by atoms with E-state index in [1.54, 1.807) is 11.5 Å². The highest BCUT2D eigenvalue weighted by atomic mass is 16.5. The highest BCUT2D eigenvalue weighted by Crippen LogP contribution is 2.45. The first-order valence-corrected chi connectivity index (χ1v) is 13.7. The molecular formula is C27H55NO. The van der Waals surface area contributed by atoms with Crippen LogP contribution in [0.5, 0.6) is 0 Å². The number of nitrogens with zero attached hydrogens (tertiary/aromatic N) is 1. The van der Waals surface area contributed by atoms with Crippen LogP contribution >= 0.6 is 0 Å². The molecular weight excluding hydrogens is 354 g/mol. The molecule has 1 aliphatic rings. The predicted octanol–water partition coefficient (Wildman–Crippen LogP) is 9.16. The number of hydrogen-bond acceptors (Lipinski definition) is 2. The van der Waals surface area contributed by atoms with E-state index >= 15 is 0 Å². The maximum absolute atomic E-state index is 9.93. The first-order chi connectivity index (χ1) is 14.3. The van der Waals surface area contributed by atoms with E-state index in [2.05, 4.69) is 13.8 Å². The lowest BCUT2D eigenvalue weighted by atomic mass is 10.0. The van der Waals surface area contributed by atoms with E-state index in [1.807, 2.05) is 0 Å². The molecule has 2 unspecified atom stereocenters. The second-order valence-electron chi connectivity index (χ2n) is 9.94. The van der Waals surface area contributed by atoms with Gasteiger partial charge in [0.05, 0.1) is 0 Å². The summed E-state index contributed by atoms with van der Waals surface area (Å²) < 4.78 is 0. The van der Waals surface area contributed by atoms with E-state index < -0.39 is 0 Å². The van der Waals surface area contributed by atoms with Crippen LogP contribution in [0, 0.1) is 11.8 Å². The van der Waals surface area contributed by atoms with Crippen molar-refractivity contribution in [2.75, 3.05) is 13.1 Å². The minimum atomic E-state index is 0.868. The summed E-state index contributed by atoms with van der Waals surface area (Å²) in [6.45, 7) is 6.30. The molecule has 0 aromatic heterocycles. The van der Waals surface area contributed by atoms with E-state index in [-0.39, 0.29) is 0 Å². The maximum Gasteiger partial charge on any atom is 0.0238 e. The summed E-state index contributed by atoms with van der Waals surface area (Å²) in [5.74, 6) is 2.19. The zero-order chi connectivity index (χ0) is 21.0. The Morgan fingerprint density at radius 2 is 0.862 bits per heavy atom. The topological polar surface area (TPSA) is 23.5 Å². The molecule has 0 amide bonds. The van der Waals surface area contributed by atoms with E-state index in [4.69, 9.17) is 0 Å². The predicted molar refractivity (Wildman–Crippen MR) is 129 cm³/mol. The lowest BCUT2D eigenvalue weighted by Gasteiger charge is -2.14. The lowest BCUT2D eigenvalue weighted by Crippen LogP contribution is -2.21. The summed E-state index contributed by atoms with van der Waals surface area (Å²) in [4.78, 5) is 0. The molecule has 0 aliphatic heterocycles. The van der Waals surface area contributed by atoms with Gasteiger partial charge >= 0.3 is 0 Å². The van der Waals surface area contributed by atoms with E-state index in [0.29, 0.717) is 0 Å². The maximum atomic E-state index is 9.93. The molecule has 1 saturated carbocycles. The molecule has 1 rings (SSSR count). The Morgan fingerprint density at radius 1 is 0.517 bits per heavy atom. The minimum absolute atomic E-state index is 0.868. The molecule has 1 N–H and O–H groups in total. The van der Waals surface area contributed by atoms with Crippen molar-refractivity contribution < 1.29 is 5.21 Å². The molecule has 0 aromatic carbocycles. The van der Waals surface area contributed by atoms with Gasteiger partial charge in [0.15, 0.2) is 0 Å². The normalized spacial score (nSPS) is 18.6. The molecule has 29 heavy (non-hydrogen) atoms. The van der Waals surface area contributed by atoms with Gasteiger partial charge in [-0.2, -0.15) is 5.06 Å². The standard InChI is InChI=1S/C27H55NO/c1-3-5-7-9-13-17-21-26-25-27(26)22-18-14-11-12-16-20-24-28(29)23-19-15-10-8-6-4-2/h26-27,29H,3-25H2,1-2H3. The number of hydrogen-bond donors (Lipinski definition) is 1. The van der Waals surface area contributed by atoms with Crippen molar-refractivity contribution >= 4 is 0 Å². The van der Waals surface area contributed by atoms with E-state index in [9.17, 15) is 5.21 Å². The van der Waals surface area contributed by atoms with Crippen LogP contribution in [0.3, 0.4) is 0 Å². The third-order valence-electron chi connectivity index (χ3n) is 7.01. The van der Waals surface area contributed by atoms with Gasteiger partial charge in [-0.25, -0.2) is 0 Å². The van der Waals surface area contributed by atoms with Crippen LogP contribution in [0.15, 0.2) is 0 Å². The summed E-state index contributed by atoms with van der Waals surface area (Å²) in [6.07, 6.45) is 29.2. The Morgan fingerprint density at radius 3 is 1.28 bits per heavy atom. The van der Waals surface area contributed by atoms with Crippen molar-refractivity contribution in [1.82, 2.24) is 5.06 Å². The molecule has 1 aliphatic carbocycles. The van der Waals surface area contributed by atoms with Gasteiger partial charge in [-0.1, -0.05) is 129 Å². The minimum Gasteiger partial charge on any atom is -0.314 e. The van der Waals surface area contributed by atoms with Crippen LogP contribution in [0.4, 0.5) is 0 Å². The Hall–Kier alpha value is -0.0800. The Kier molecular flexibility index (Phi) is 18.5. The Bertz CT molecular complexity index is 332. The van der Waals surface area contributed by atoms with Gasteiger partial charge in [-0.05, 0) is 31.1 Å². The van der Waals surface area contributed by atoms with Gasteiger partial charge in [-0.3, -0.25) is 0 Å². The summed E-state index contributed by atoms with van der Waals surface area (Å²) in [6, 6.07) is 0. The van der Waals surface area contributed by atoms with Crippen LogP contribution in [0.1, 0.15) is 149 Å². The van der Waals surface area contributed by atoms with Crippen molar-refractivity contribution in [3.05, 3.63) is 0 Å². The number of hydroxylamine groups is 2. The van der Waals surface area contributed by atoms with Crippen molar-refractivity contribution in [2.24, 2.45) is 11.8 Å². The molecule has 0 aromatic rings. The van der Waals surface area contributed by atoms with Crippen molar-refractivity contribution in [3.63, 3.8) is 0 Å². The summed E-state index contributed by atoms with van der Waals surface area (Å²) in [5.41, 5.74) is 0. The van der Waals surface area contributed by atoms with E-state index in [1.165, 1.54) is 116 Å². The highest BCUT2D eigenvalue weighted by molar-refractivity contribution is 4.85. The second-order valence-corrected chi connectivity index (χ2v) is 9.94. The molecule has 0 bridgehead atoms. The molecule has 2 atom stereocenters. The quantitative estimate of drug-likeness (QED) is 0.134. The zero-order valence-corrected chi connectivity index (χ0v) is 20.3. The van der Waals surface area contributed by atoms with Crippen LogP contribution in [0.2, 0.25) is 0 Å². The van der Waals surface area contributed by atoms with Crippen LogP contribution < -0.4 is 0 Å². The Balaban J connectivity index is 1.74. The second kappa shape index (κ2) is 19.9. The van der Waals surface area contributed by atoms with Crippen molar-refractivity contribution in [3.8, 4) is 0 Å². The van der Waals surface area contributed by atoms with Gasteiger partial charge in [-0.15, -0.1) is 0 Å². The van der Waals surface area contributed by atoms with E-state index in [0.717, 1.165) is 37.8 Å². The number of rotatable bonds is 23. The van der Waals surface area contributed by atoms with Crippen LogP contribution in [-0.4, -0.2) is 23.4 Å². The molecule has 0 spiro atoms. The SMILES string of the molecule is CCCCCCCCC1CC1CCCCCCCCN(O)CCCCCCCC. The average molecular weight is 410 g/mol. The van der Waals surface area contributed by atoms with Crippen LogP contribution in [0.25, 0.3) is 0 Å². The van der Waals surface area contributed by atoms with Gasteiger partial charge in [0, 0.05) is 13.1 Å². The average Bonchev–Trinajstić information content (AvgIpc) is 3.47. The third kappa shape index (κ3) is 17.3. The van der Waals surface area contributed by atoms with Crippen molar-refractivity contribution in [1.29, 1.82) is 0 Å². The fourth-order valence-electron chi connectivity index (χ4n) is 4.80. The summed E-state index contributed by atoms with van der Waals surface area (Å²) in [7, 11) is 0. The molecule has 2 nitrogen and oxygen atoms in total. The largest absolute Gasteiger partial charge is 0.314 e. The third-order valence-corrected chi connectivity index (χ3v) is 7.01. The Labute approximate surface area is 184 Å². The number of unbranched alkanes of at least 4 members (excludes halogenated alkanes) is 15. The lowest BCUT2D eigenvalue weighted by molar-refractivity contribution is -0.0925. The van der Waals surface area contributed by atoms with Gasteiger partial charge in [0.2, 0.25) is 0 Å². The van der Waals surface area contributed by atoms with Gasteiger partial charge < -0.3 is 5.21 Å². The molecule has 2 heteroatoms. The fourth-order valence-corrected chi connectivity index (χ4v) is 4.80. The molecule has 0 saturated heterocycles. The first kappa shape index (κ1) is 27.0. The van der Waals surface area contributed by atoms with Crippen LogP contribution in [-0.2, 0) is 0 Å². The molecule has 1 fully saturated rings. The zero-order valence-electron chi connectivity index (χ0n) is 20.3. The smallest absolute Gasteiger partial charge is 0.0238 e. The first-order valence-electron chi connectivity index (χ1n) is 13.7.